The molecule has 0 spiro atoms. The molecule has 2 aromatic rings. The third-order valence-electron chi connectivity index (χ3n) is 3.55. The minimum absolute atomic E-state index is 0.266. The van der Waals surface area contributed by atoms with E-state index in [1.165, 1.54) is 23.7 Å². The summed E-state index contributed by atoms with van der Waals surface area (Å²) < 4.78 is 25.6. The summed E-state index contributed by atoms with van der Waals surface area (Å²) in [6.45, 7) is 4.90. The number of anilines is 1. The fraction of sp³-hybridized carbons (Fsp3) is 0.250. The minimum Gasteiger partial charge on any atom is -0.381 e. The van der Waals surface area contributed by atoms with Gasteiger partial charge in [-0.2, -0.15) is 0 Å². The summed E-state index contributed by atoms with van der Waals surface area (Å²) in [5.74, 6) is 0. The van der Waals surface area contributed by atoms with E-state index in [0.29, 0.717) is 0 Å². The van der Waals surface area contributed by atoms with Crippen molar-refractivity contribution in [2.75, 3.05) is 12.4 Å². The average Bonchev–Trinajstić information content (AvgIpc) is 2.47. The summed E-state index contributed by atoms with van der Waals surface area (Å²) in [7, 11) is -1.97. The van der Waals surface area contributed by atoms with Crippen LogP contribution in [-0.2, 0) is 16.6 Å². The predicted octanol–water partition coefficient (Wildman–Crippen LogP) is 2.82. The minimum atomic E-state index is -3.37. The van der Waals surface area contributed by atoms with Crippen LogP contribution in [0.25, 0.3) is 0 Å². The van der Waals surface area contributed by atoms with Crippen LogP contribution in [0.4, 0.5) is 5.69 Å². The lowest BCUT2D eigenvalue weighted by Crippen LogP contribution is -2.18. The number of hydrogen-bond donors (Lipinski definition) is 2. The average molecular weight is 304 g/mol. The van der Waals surface area contributed by atoms with Gasteiger partial charge in [0.1, 0.15) is 0 Å². The number of benzene rings is 2. The van der Waals surface area contributed by atoms with E-state index in [9.17, 15) is 8.42 Å². The zero-order valence-corrected chi connectivity index (χ0v) is 13.3. The SMILES string of the molecule is CNS(=O)(=O)c1ccc(NCc2c(C)cccc2C)cc1. The van der Waals surface area contributed by atoms with Gasteiger partial charge in [-0.3, -0.25) is 0 Å². The molecular weight excluding hydrogens is 284 g/mol. The van der Waals surface area contributed by atoms with E-state index >= 15 is 0 Å². The first kappa shape index (κ1) is 15.5. The Morgan fingerprint density at radius 3 is 2.05 bits per heavy atom. The van der Waals surface area contributed by atoms with Crippen LogP contribution in [0.5, 0.6) is 0 Å². The molecule has 0 atom stereocenters. The second-order valence-electron chi connectivity index (χ2n) is 4.96. The van der Waals surface area contributed by atoms with Gasteiger partial charge < -0.3 is 5.32 Å². The number of nitrogens with one attached hydrogen (secondary N) is 2. The summed E-state index contributed by atoms with van der Waals surface area (Å²) >= 11 is 0. The van der Waals surface area contributed by atoms with Crippen molar-refractivity contribution in [2.45, 2.75) is 25.3 Å². The first-order valence-electron chi connectivity index (χ1n) is 6.76. The second kappa shape index (κ2) is 6.28. The molecule has 0 saturated heterocycles. The highest BCUT2D eigenvalue weighted by atomic mass is 32.2. The molecule has 0 aliphatic rings. The Labute approximate surface area is 126 Å². The van der Waals surface area contributed by atoms with E-state index in [1.807, 2.05) is 6.07 Å². The van der Waals surface area contributed by atoms with E-state index in [-0.39, 0.29) is 4.90 Å². The molecule has 0 aliphatic carbocycles. The van der Waals surface area contributed by atoms with E-state index in [0.717, 1.165) is 12.2 Å². The van der Waals surface area contributed by atoms with E-state index in [1.54, 1.807) is 24.3 Å². The van der Waals surface area contributed by atoms with Gasteiger partial charge in [-0.1, -0.05) is 18.2 Å². The molecule has 2 rings (SSSR count). The van der Waals surface area contributed by atoms with Gasteiger partial charge in [0.15, 0.2) is 0 Å². The quantitative estimate of drug-likeness (QED) is 0.893. The van der Waals surface area contributed by atoms with Crippen molar-refractivity contribution in [3.63, 3.8) is 0 Å². The van der Waals surface area contributed by atoms with Crippen molar-refractivity contribution >= 4 is 15.7 Å². The molecule has 5 heteroatoms. The normalized spacial score (nSPS) is 11.4. The first-order valence-corrected chi connectivity index (χ1v) is 8.25. The molecule has 0 saturated carbocycles. The number of sulfonamides is 1. The van der Waals surface area contributed by atoms with Crippen LogP contribution in [0.3, 0.4) is 0 Å². The van der Waals surface area contributed by atoms with E-state index in [4.69, 9.17) is 0 Å². The summed E-state index contributed by atoms with van der Waals surface area (Å²) in [4.78, 5) is 0.266. The molecule has 0 fully saturated rings. The topological polar surface area (TPSA) is 58.2 Å². The first-order chi connectivity index (χ1) is 9.94. The van der Waals surface area contributed by atoms with Crippen LogP contribution in [0.15, 0.2) is 47.4 Å². The summed E-state index contributed by atoms with van der Waals surface area (Å²) in [6.07, 6.45) is 0. The van der Waals surface area contributed by atoms with Crippen molar-refractivity contribution in [1.82, 2.24) is 4.72 Å². The van der Waals surface area contributed by atoms with Crippen molar-refractivity contribution in [2.24, 2.45) is 0 Å². The number of aryl methyl sites for hydroxylation is 2. The van der Waals surface area contributed by atoms with Crippen LogP contribution in [-0.4, -0.2) is 15.5 Å². The predicted molar refractivity (Wildman–Crippen MR) is 85.9 cm³/mol. The molecule has 0 amide bonds. The maximum Gasteiger partial charge on any atom is 0.240 e. The molecule has 0 heterocycles. The third-order valence-corrected chi connectivity index (χ3v) is 4.98. The van der Waals surface area contributed by atoms with Gasteiger partial charge >= 0.3 is 0 Å². The molecular formula is C16H20N2O2S. The molecule has 0 aromatic heterocycles. The zero-order valence-electron chi connectivity index (χ0n) is 12.5. The zero-order chi connectivity index (χ0) is 15.5. The molecule has 2 aromatic carbocycles. The van der Waals surface area contributed by atoms with Crippen molar-refractivity contribution in [3.8, 4) is 0 Å². The van der Waals surface area contributed by atoms with Crippen LogP contribution >= 0.6 is 0 Å². The Kier molecular flexibility index (Phi) is 4.65. The van der Waals surface area contributed by atoms with Gasteiger partial charge in [-0.15, -0.1) is 0 Å². The van der Waals surface area contributed by atoms with Gasteiger partial charge in [-0.05, 0) is 61.9 Å². The molecule has 2 N–H and O–H groups in total. The van der Waals surface area contributed by atoms with Gasteiger partial charge in [0.2, 0.25) is 10.0 Å². The van der Waals surface area contributed by atoms with Crippen molar-refractivity contribution in [3.05, 3.63) is 59.2 Å². The Morgan fingerprint density at radius 2 is 1.52 bits per heavy atom. The second-order valence-corrected chi connectivity index (χ2v) is 6.84. The smallest absolute Gasteiger partial charge is 0.240 e. The largest absolute Gasteiger partial charge is 0.381 e. The van der Waals surface area contributed by atoms with Gasteiger partial charge in [0, 0.05) is 12.2 Å². The lowest BCUT2D eigenvalue weighted by molar-refractivity contribution is 0.588. The maximum atomic E-state index is 11.6. The molecule has 0 bridgehead atoms. The lowest BCUT2D eigenvalue weighted by Gasteiger charge is -2.12. The maximum absolute atomic E-state index is 11.6. The van der Waals surface area contributed by atoms with Crippen molar-refractivity contribution < 1.29 is 8.42 Å². The Hall–Kier alpha value is -1.85. The molecule has 21 heavy (non-hydrogen) atoms. The van der Waals surface area contributed by atoms with Gasteiger partial charge in [0.25, 0.3) is 0 Å². The Morgan fingerprint density at radius 1 is 0.952 bits per heavy atom. The fourth-order valence-corrected chi connectivity index (χ4v) is 2.92. The third kappa shape index (κ3) is 3.62. The number of rotatable bonds is 5. The van der Waals surface area contributed by atoms with E-state index < -0.39 is 10.0 Å². The molecule has 4 nitrogen and oxygen atoms in total. The highest BCUT2D eigenvalue weighted by molar-refractivity contribution is 7.89. The molecule has 0 aliphatic heterocycles. The fourth-order valence-electron chi connectivity index (χ4n) is 2.19. The molecule has 0 unspecified atom stereocenters. The monoisotopic (exact) mass is 304 g/mol. The standard InChI is InChI=1S/C16H20N2O2S/c1-12-5-4-6-13(2)16(12)11-18-14-7-9-15(10-8-14)21(19,20)17-3/h4-10,17-18H,11H2,1-3H3. The summed E-state index contributed by atoms with van der Waals surface area (Å²) in [5, 5.41) is 3.32. The molecule has 0 radical (unpaired) electrons. The Bertz CT molecular complexity index is 702. The highest BCUT2D eigenvalue weighted by Crippen LogP contribution is 2.17. The van der Waals surface area contributed by atoms with Crippen LogP contribution in [0, 0.1) is 13.8 Å². The number of hydrogen-bond acceptors (Lipinski definition) is 3. The summed E-state index contributed by atoms with van der Waals surface area (Å²) in [6, 6.07) is 13.0. The van der Waals surface area contributed by atoms with Gasteiger partial charge in [-0.25, -0.2) is 13.1 Å². The van der Waals surface area contributed by atoms with Crippen molar-refractivity contribution in [1.29, 1.82) is 0 Å². The van der Waals surface area contributed by atoms with Crippen LogP contribution < -0.4 is 10.0 Å². The summed E-state index contributed by atoms with van der Waals surface area (Å²) in [5.41, 5.74) is 4.66. The lowest BCUT2D eigenvalue weighted by atomic mass is 10.0. The van der Waals surface area contributed by atoms with Gasteiger partial charge in [0.05, 0.1) is 4.90 Å². The molecule has 112 valence electrons. The van der Waals surface area contributed by atoms with E-state index in [2.05, 4.69) is 36.0 Å². The van der Waals surface area contributed by atoms with Crippen LogP contribution in [0.2, 0.25) is 0 Å². The Balaban J connectivity index is 2.12. The van der Waals surface area contributed by atoms with Crippen LogP contribution in [0.1, 0.15) is 16.7 Å². The highest BCUT2D eigenvalue weighted by Gasteiger charge is 2.10.